The molecule has 0 saturated heterocycles. The van der Waals surface area contributed by atoms with Gasteiger partial charge in [0.25, 0.3) is 0 Å². The maximum absolute atomic E-state index is 12.0. The molecule has 1 aromatic carbocycles. The van der Waals surface area contributed by atoms with Crippen LogP contribution in [0.1, 0.15) is 31.2 Å². The van der Waals surface area contributed by atoms with Crippen molar-refractivity contribution in [3.05, 3.63) is 29.8 Å². The molecule has 1 aliphatic rings. The first-order valence-corrected chi connectivity index (χ1v) is 7.55. The number of amides is 1. The summed E-state index contributed by atoms with van der Waals surface area (Å²) >= 11 is 0. The number of nitrogens with two attached hydrogens (primary N) is 1. The lowest BCUT2D eigenvalue weighted by Crippen LogP contribution is -2.45. The molecule has 0 radical (unpaired) electrons. The molecule has 0 spiro atoms. The van der Waals surface area contributed by atoms with Gasteiger partial charge in [0, 0.05) is 12.5 Å². The second-order valence-electron chi connectivity index (χ2n) is 5.83. The molecule has 5 heteroatoms. The molecule has 0 bridgehead atoms. The highest BCUT2D eigenvalue weighted by molar-refractivity contribution is 5.81. The number of carbonyl (C=O) groups is 1. The van der Waals surface area contributed by atoms with Crippen LogP contribution >= 0.6 is 0 Å². The van der Waals surface area contributed by atoms with Gasteiger partial charge in [0.15, 0.2) is 0 Å². The van der Waals surface area contributed by atoms with E-state index in [0.29, 0.717) is 13.0 Å². The van der Waals surface area contributed by atoms with Gasteiger partial charge in [-0.1, -0.05) is 25.0 Å². The zero-order valence-electron chi connectivity index (χ0n) is 12.2. The van der Waals surface area contributed by atoms with Crippen molar-refractivity contribution in [3.63, 3.8) is 0 Å². The van der Waals surface area contributed by atoms with Gasteiger partial charge in [-0.3, -0.25) is 4.79 Å². The minimum atomic E-state index is -0.615. The predicted molar refractivity (Wildman–Crippen MR) is 80.8 cm³/mol. The average Bonchev–Trinajstić information content (AvgIpc) is 2.48. The van der Waals surface area contributed by atoms with Crippen LogP contribution in [0.5, 0.6) is 5.75 Å². The van der Waals surface area contributed by atoms with Gasteiger partial charge < -0.3 is 21.3 Å². The Kier molecular flexibility index (Phi) is 5.59. The Morgan fingerprint density at radius 2 is 1.95 bits per heavy atom. The summed E-state index contributed by atoms with van der Waals surface area (Å²) in [7, 11) is 0. The third-order valence-corrected chi connectivity index (χ3v) is 4.14. The first kappa shape index (κ1) is 15.8. The van der Waals surface area contributed by atoms with Gasteiger partial charge >= 0.3 is 0 Å². The summed E-state index contributed by atoms with van der Waals surface area (Å²) in [5, 5.41) is 21.9. The van der Waals surface area contributed by atoms with E-state index in [1.165, 1.54) is 0 Å². The molecule has 1 amide bonds. The maximum atomic E-state index is 12.0. The number of aliphatic hydroxyl groups excluding tert-OH is 1. The smallest absolute Gasteiger partial charge is 0.237 e. The van der Waals surface area contributed by atoms with Crippen LogP contribution in [0.4, 0.5) is 0 Å². The number of benzene rings is 1. The Bertz CT molecular complexity index is 461. The fourth-order valence-electron chi connectivity index (χ4n) is 2.77. The molecule has 0 aliphatic heterocycles. The second kappa shape index (κ2) is 7.43. The van der Waals surface area contributed by atoms with E-state index >= 15 is 0 Å². The minimum Gasteiger partial charge on any atom is -0.508 e. The molecule has 21 heavy (non-hydrogen) atoms. The molecule has 5 nitrogen and oxygen atoms in total. The summed E-state index contributed by atoms with van der Waals surface area (Å²) in [6.07, 6.45) is 4.06. The normalized spacial score (nSPS) is 23.5. The molecule has 0 aromatic heterocycles. The van der Waals surface area contributed by atoms with Crippen molar-refractivity contribution in [2.75, 3.05) is 6.54 Å². The summed E-state index contributed by atoms with van der Waals surface area (Å²) in [6.45, 7) is 0.489. The Labute approximate surface area is 125 Å². The van der Waals surface area contributed by atoms with Crippen molar-refractivity contribution in [2.24, 2.45) is 11.7 Å². The monoisotopic (exact) mass is 292 g/mol. The molecule has 0 heterocycles. The summed E-state index contributed by atoms with van der Waals surface area (Å²) in [5.41, 5.74) is 6.81. The maximum Gasteiger partial charge on any atom is 0.237 e. The van der Waals surface area contributed by atoms with Crippen LogP contribution in [0.25, 0.3) is 0 Å². The summed E-state index contributed by atoms with van der Waals surface area (Å²) < 4.78 is 0. The van der Waals surface area contributed by atoms with Crippen molar-refractivity contribution >= 4 is 5.91 Å². The molecule has 5 N–H and O–H groups in total. The predicted octanol–water partition coefficient (Wildman–Crippen LogP) is 0.929. The number of phenols is 1. The van der Waals surface area contributed by atoms with E-state index in [1.54, 1.807) is 24.3 Å². The number of hydrogen-bond donors (Lipinski definition) is 4. The highest BCUT2D eigenvalue weighted by atomic mass is 16.3. The molecule has 1 fully saturated rings. The zero-order chi connectivity index (χ0) is 15.2. The first-order valence-electron chi connectivity index (χ1n) is 7.55. The number of aromatic hydroxyl groups is 1. The van der Waals surface area contributed by atoms with Crippen LogP contribution in [0.3, 0.4) is 0 Å². The summed E-state index contributed by atoms with van der Waals surface area (Å²) in [5.74, 6) is 0.146. The molecule has 2 rings (SSSR count). The van der Waals surface area contributed by atoms with Crippen LogP contribution in [-0.4, -0.2) is 34.8 Å². The van der Waals surface area contributed by atoms with Gasteiger partial charge in [0.05, 0.1) is 12.1 Å². The number of nitrogens with one attached hydrogen (secondary N) is 1. The highest BCUT2D eigenvalue weighted by Gasteiger charge is 2.24. The lowest BCUT2D eigenvalue weighted by atomic mass is 9.86. The Morgan fingerprint density at radius 3 is 2.62 bits per heavy atom. The van der Waals surface area contributed by atoms with E-state index in [4.69, 9.17) is 5.73 Å². The number of phenolic OH excluding ortho intramolecular Hbond substituents is 1. The number of hydrogen-bond acceptors (Lipinski definition) is 4. The van der Waals surface area contributed by atoms with Crippen molar-refractivity contribution in [2.45, 2.75) is 44.2 Å². The first-order chi connectivity index (χ1) is 10.1. The van der Waals surface area contributed by atoms with Gasteiger partial charge in [0.1, 0.15) is 5.75 Å². The lowest BCUT2D eigenvalue weighted by molar-refractivity contribution is -0.122. The van der Waals surface area contributed by atoms with Gasteiger partial charge in [-0.25, -0.2) is 0 Å². The van der Waals surface area contributed by atoms with Gasteiger partial charge in [0.2, 0.25) is 5.91 Å². The zero-order valence-corrected chi connectivity index (χ0v) is 12.2. The summed E-state index contributed by atoms with van der Waals surface area (Å²) in [4.78, 5) is 12.0. The summed E-state index contributed by atoms with van der Waals surface area (Å²) in [6, 6.07) is 6.06. The van der Waals surface area contributed by atoms with Crippen molar-refractivity contribution in [3.8, 4) is 5.75 Å². The fraction of sp³-hybridized carbons (Fsp3) is 0.562. The minimum absolute atomic E-state index is 0.142. The van der Waals surface area contributed by atoms with Crippen LogP contribution in [0.2, 0.25) is 0 Å². The molecule has 1 aliphatic carbocycles. The average molecular weight is 292 g/mol. The molecular weight excluding hydrogens is 268 g/mol. The van der Waals surface area contributed by atoms with Crippen LogP contribution in [0, 0.1) is 5.92 Å². The van der Waals surface area contributed by atoms with Gasteiger partial charge in [-0.15, -0.1) is 0 Å². The molecular formula is C16H24N2O3. The number of carbonyl (C=O) groups excluding carboxylic acids is 1. The lowest BCUT2D eigenvalue weighted by Gasteiger charge is -2.28. The standard InChI is InChI=1S/C16H24N2O3/c17-14(9-11-5-7-13(19)8-6-11)16(21)18-10-12-3-1-2-4-15(12)20/h5-8,12,14-15,19-20H,1-4,9-10,17H2,(H,18,21)/t12?,14-,15?/m1/s1. The van der Waals surface area contributed by atoms with Crippen molar-refractivity contribution in [1.82, 2.24) is 5.32 Å². The fourth-order valence-corrected chi connectivity index (χ4v) is 2.77. The van der Waals surface area contributed by atoms with E-state index in [0.717, 1.165) is 31.2 Å². The third kappa shape index (κ3) is 4.72. The number of rotatable bonds is 5. The quantitative estimate of drug-likeness (QED) is 0.649. The van der Waals surface area contributed by atoms with E-state index in [1.807, 2.05) is 0 Å². The van der Waals surface area contributed by atoms with E-state index in [-0.39, 0.29) is 23.7 Å². The topological polar surface area (TPSA) is 95.6 Å². The third-order valence-electron chi connectivity index (χ3n) is 4.14. The van der Waals surface area contributed by atoms with Crippen LogP contribution < -0.4 is 11.1 Å². The highest BCUT2D eigenvalue weighted by Crippen LogP contribution is 2.23. The van der Waals surface area contributed by atoms with Crippen molar-refractivity contribution < 1.29 is 15.0 Å². The number of aliphatic hydroxyl groups is 1. The largest absolute Gasteiger partial charge is 0.508 e. The Hall–Kier alpha value is -1.59. The van der Waals surface area contributed by atoms with Gasteiger partial charge in [-0.05, 0) is 37.0 Å². The van der Waals surface area contributed by atoms with E-state index in [2.05, 4.69) is 5.32 Å². The van der Waals surface area contributed by atoms with Crippen LogP contribution in [-0.2, 0) is 11.2 Å². The molecule has 116 valence electrons. The van der Waals surface area contributed by atoms with E-state index < -0.39 is 6.04 Å². The molecule has 1 aromatic rings. The van der Waals surface area contributed by atoms with E-state index in [9.17, 15) is 15.0 Å². The van der Waals surface area contributed by atoms with Crippen molar-refractivity contribution in [1.29, 1.82) is 0 Å². The Morgan fingerprint density at radius 1 is 1.29 bits per heavy atom. The molecule has 1 saturated carbocycles. The Balaban J connectivity index is 1.78. The van der Waals surface area contributed by atoms with Crippen LogP contribution in [0.15, 0.2) is 24.3 Å². The molecule has 3 atom stereocenters. The SMILES string of the molecule is N[C@H](Cc1ccc(O)cc1)C(=O)NCC1CCCCC1O. The van der Waals surface area contributed by atoms with Gasteiger partial charge in [-0.2, -0.15) is 0 Å². The second-order valence-corrected chi connectivity index (χ2v) is 5.83. The molecule has 2 unspecified atom stereocenters.